The van der Waals surface area contributed by atoms with Crippen LogP contribution < -0.4 is 10.5 Å². The highest BCUT2D eigenvalue weighted by Crippen LogP contribution is 2.32. The number of hydrogen-bond acceptors (Lipinski definition) is 2. The van der Waals surface area contributed by atoms with Gasteiger partial charge in [-0.3, -0.25) is 0 Å². The van der Waals surface area contributed by atoms with Crippen molar-refractivity contribution in [2.75, 3.05) is 5.73 Å². The summed E-state index contributed by atoms with van der Waals surface area (Å²) in [5.41, 5.74) is 7.21. The fourth-order valence-corrected chi connectivity index (χ4v) is 1.80. The van der Waals surface area contributed by atoms with E-state index in [4.69, 9.17) is 10.5 Å². The first kappa shape index (κ1) is 11.9. The molecule has 0 unspecified atom stereocenters. The molecule has 2 nitrogen and oxygen atoms in total. The number of ether oxygens (including phenoxy) is 1. The van der Waals surface area contributed by atoms with Gasteiger partial charge in [-0.25, -0.2) is 4.39 Å². The van der Waals surface area contributed by atoms with Gasteiger partial charge in [0.25, 0.3) is 0 Å². The summed E-state index contributed by atoms with van der Waals surface area (Å²) < 4.78 is 19.2. The molecule has 0 aromatic heterocycles. The van der Waals surface area contributed by atoms with Gasteiger partial charge in [0.05, 0.1) is 10.2 Å². The van der Waals surface area contributed by atoms with Crippen LogP contribution in [0.25, 0.3) is 0 Å². The summed E-state index contributed by atoms with van der Waals surface area (Å²) in [7, 11) is 0. The fraction of sp³-hybridized carbons (Fsp3) is 0.0769. The molecule has 0 fully saturated rings. The zero-order chi connectivity index (χ0) is 12.4. The van der Waals surface area contributed by atoms with E-state index >= 15 is 0 Å². The van der Waals surface area contributed by atoms with Crippen molar-refractivity contribution in [3.63, 3.8) is 0 Å². The maximum atomic E-state index is 13.4. The number of rotatable bonds is 2. The lowest BCUT2D eigenvalue weighted by molar-refractivity contribution is 0.478. The van der Waals surface area contributed by atoms with Crippen molar-refractivity contribution < 1.29 is 9.13 Å². The summed E-state index contributed by atoms with van der Waals surface area (Å²) in [5, 5.41) is 0. The molecular weight excluding hydrogens is 285 g/mol. The Morgan fingerprint density at radius 1 is 1.24 bits per heavy atom. The molecule has 88 valence electrons. The second-order valence-corrected chi connectivity index (χ2v) is 4.58. The highest BCUT2D eigenvalue weighted by molar-refractivity contribution is 9.10. The first-order valence-electron chi connectivity index (χ1n) is 5.05. The largest absolute Gasteiger partial charge is 0.455 e. The average molecular weight is 296 g/mol. The van der Waals surface area contributed by atoms with E-state index in [0.29, 0.717) is 21.7 Å². The molecule has 0 radical (unpaired) electrons. The van der Waals surface area contributed by atoms with Gasteiger partial charge < -0.3 is 10.5 Å². The van der Waals surface area contributed by atoms with Gasteiger partial charge in [-0.2, -0.15) is 0 Å². The highest BCUT2D eigenvalue weighted by atomic mass is 79.9. The van der Waals surface area contributed by atoms with Crippen LogP contribution in [0.1, 0.15) is 5.56 Å². The van der Waals surface area contributed by atoms with E-state index in [0.717, 1.165) is 5.56 Å². The molecule has 0 saturated carbocycles. The molecule has 2 rings (SSSR count). The van der Waals surface area contributed by atoms with Crippen LogP contribution in [-0.2, 0) is 0 Å². The molecule has 0 saturated heterocycles. The molecule has 0 amide bonds. The van der Waals surface area contributed by atoms with Crippen LogP contribution in [0.15, 0.2) is 40.9 Å². The van der Waals surface area contributed by atoms with Gasteiger partial charge in [0.15, 0.2) is 5.75 Å². The van der Waals surface area contributed by atoms with Crippen molar-refractivity contribution in [3.8, 4) is 11.5 Å². The van der Waals surface area contributed by atoms with Crippen molar-refractivity contribution in [3.05, 3.63) is 52.3 Å². The number of nitrogen functional groups attached to an aromatic ring is 1. The highest BCUT2D eigenvalue weighted by Gasteiger charge is 2.08. The first-order valence-corrected chi connectivity index (χ1v) is 5.84. The minimum atomic E-state index is -0.401. The number of nitrogens with two attached hydrogens (primary N) is 1. The molecule has 0 spiro atoms. The van der Waals surface area contributed by atoms with Crippen molar-refractivity contribution in [2.24, 2.45) is 0 Å². The van der Waals surface area contributed by atoms with Gasteiger partial charge in [-0.1, -0.05) is 12.1 Å². The molecule has 0 bridgehead atoms. The molecule has 0 atom stereocenters. The summed E-state index contributed by atoms with van der Waals surface area (Å²) in [6.45, 7) is 1.96. The normalized spacial score (nSPS) is 10.3. The van der Waals surface area contributed by atoms with Crippen molar-refractivity contribution in [2.45, 2.75) is 6.92 Å². The number of anilines is 1. The van der Waals surface area contributed by atoms with Gasteiger partial charge >= 0.3 is 0 Å². The Morgan fingerprint density at radius 3 is 2.71 bits per heavy atom. The molecule has 17 heavy (non-hydrogen) atoms. The summed E-state index contributed by atoms with van der Waals surface area (Å²) in [5.74, 6) is 0.552. The van der Waals surface area contributed by atoms with E-state index in [1.165, 1.54) is 12.1 Å². The minimum Gasteiger partial charge on any atom is -0.455 e. The van der Waals surface area contributed by atoms with Crippen molar-refractivity contribution in [1.29, 1.82) is 0 Å². The van der Waals surface area contributed by atoms with Gasteiger partial charge in [-0.15, -0.1) is 0 Å². The zero-order valence-corrected chi connectivity index (χ0v) is 10.8. The molecule has 2 aromatic carbocycles. The maximum Gasteiger partial charge on any atom is 0.153 e. The molecule has 0 aliphatic heterocycles. The van der Waals surface area contributed by atoms with E-state index in [-0.39, 0.29) is 0 Å². The average Bonchev–Trinajstić information content (AvgIpc) is 2.26. The second kappa shape index (κ2) is 4.75. The Morgan fingerprint density at radius 2 is 2.00 bits per heavy atom. The predicted octanol–water partition coefficient (Wildman–Crippen LogP) is 4.27. The smallest absolute Gasteiger partial charge is 0.153 e. The molecular formula is C13H11BrFNO. The minimum absolute atomic E-state index is 0.316. The third-order valence-corrected chi connectivity index (χ3v) is 2.88. The van der Waals surface area contributed by atoms with E-state index in [9.17, 15) is 4.39 Å². The van der Waals surface area contributed by atoms with E-state index < -0.39 is 5.82 Å². The maximum absolute atomic E-state index is 13.4. The van der Waals surface area contributed by atoms with E-state index in [1.807, 2.05) is 25.1 Å². The van der Waals surface area contributed by atoms with E-state index in [1.54, 1.807) is 6.07 Å². The van der Waals surface area contributed by atoms with Gasteiger partial charge in [0.1, 0.15) is 11.6 Å². The third kappa shape index (κ3) is 2.77. The number of aryl methyl sites for hydroxylation is 1. The van der Waals surface area contributed by atoms with Crippen LogP contribution in [0.3, 0.4) is 0 Å². The first-order chi connectivity index (χ1) is 8.06. The standard InChI is InChI=1S/C13H11BrFNO/c1-8-3-2-4-9(5-8)17-13-7-11(15)10(14)6-12(13)16/h2-7H,16H2,1H3. The Kier molecular flexibility index (Phi) is 3.33. The molecule has 0 heterocycles. The second-order valence-electron chi connectivity index (χ2n) is 3.72. The van der Waals surface area contributed by atoms with Crippen LogP contribution in [0, 0.1) is 12.7 Å². The molecule has 2 aromatic rings. The third-order valence-electron chi connectivity index (χ3n) is 2.27. The number of halogens is 2. The Balaban J connectivity index is 2.33. The Hall–Kier alpha value is -1.55. The van der Waals surface area contributed by atoms with Gasteiger partial charge in [0, 0.05) is 6.07 Å². The van der Waals surface area contributed by atoms with Crippen molar-refractivity contribution >= 4 is 21.6 Å². The monoisotopic (exact) mass is 295 g/mol. The van der Waals surface area contributed by atoms with Crippen molar-refractivity contribution in [1.82, 2.24) is 0 Å². The lowest BCUT2D eigenvalue weighted by Crippen LogP contribution is -1.94. The SMILES string of the molecule is Cc1cccc(Oc2cc(F)c(Br)cc2N)c1. The van der Waals surface area contributed by atoms with E-state index in [2.05, 4.69) is 15.9 Å². The zero-order valence-electron chi connectivity index (χ0n) is 9.21. The molecule has 0 aliphatic carbocycles. The molecule has 0 aliphatic rings. The Labute approximate surface area is 107 Å². The van der Waals surface area contributed by atoms with Gasteiger partial charge in [-0.05, 0) is 46.6 Å². The lowest BCUT2D eigenvalue weighted by atomic mass is 10.2. The summed E-state index contributed by atoms with van der Waals surface area (Å²) in [4.78, 5) is 0. The molecule has 4 heteroatoms. The Bertz CT molecular complexity index is 557. The summed E-state index contributed by atoms with van der Waals surface area (Å²) in [6.07, 6.45) is 0. The summed E-state index contributed by atoms with van der Waals surface area (Å²) in [6, 6.07) is 10.2. The summed E-state index contributed by atoms with van der Waals surface area (Å²) >= 11 is 3.07. The predicted molar refractivity (Wildman–Crippen MR) is 69.8 cm³/mol. The number of hydrogen-bond donors (Lipinski definition) is 1. The van der Waals surface area contributed by atoms with Crippen LogP contribution in [0.5, 0.6) is 11.5 Å². The van der Waals surface area contributed by atoms with Crippen LogP contribution in [0.4, 0.5) is 10.1 Å². The number of benzene rings is 2. The van der Waals surface area contributed by atoms with Gasteiger partial charge in [0.2, 0.25) is 0 Å². The van der Waals surface area contributed by atoms with Crippen LogP contribution in [-0.4, -0.2) is 0 Å². The lowest BCUT2D eigenvalue weighted by Gasteiger charge is -2.09. The molecule has 2 N–H and O–H groups in total. The topological polar surface area (TPSA) is 35.2 Å². The quantitative estimate of drug-likeness (QED) is 0.840. The van der Waals surface area contributed by atoms with Crippen LogP contribution >= 0.6 is 15.9 Å². The fourth-order valence-electron chi connectivity index (χ4n) is 1.44. The van der Waals surface area contributed by atoms with Crippen LogP contribution in [0.2, 0.25) is 0 Å².